The van der Waals surface area contributed by atoms with E-state index in [2.05, 4.69) is 15.5 Å². The van der Waals surface area contributed by atoms with Crippen molar-refractivity contribution in [1.29, 1.82) is 0 Å². The van der Waals surface area contributed by atoms with Crippen molar-refractivity contribution in [1.82, 2.24) is 10.2 Å². The molecule has 0 aromatic carbocycles. The zero-order valence-corrected chi connectivity index (χ0v) is 5.01. The zero-order chi connectivity index (χ0) is 6.69. The van der Waals surface area contributed by atoms with E-state index >= 15 is 0 Å². The third-order valence-electron chi connectivity index (χ3n) is 0.819. The van der Waals surface area contributed by atoms with Crippen LogP contribution in [-0.4, -0.2) is 23.9 Å². The third kappa shape index (κ3) is 1.60. The second-order valence-electron chi connectivity index (χ2n) is 1.67. The Morgan fingerprint density at radius 1 is 1.89 bits per heavy atom. The molecule has 0 aliphatic heterocycles. The van der Waals surface area contributed by atoms with E-state index in [1.165, 1.54) is 7.85 Å². The number of aromatic nitrogens is 2. The van der Waals surface area contributed by atoms with E-state index in [9.17, 15) is 4.79 Å². The van der Waals surface area contributed by atoms with E-state index in [1.807, 2.05) is 0 Å². The Morgan fingerprint density at radius 2 is 2.67 bits per heavy atom. The van der Waals surface area contributed by atoms with Gasteiger partial charge in [0.15, 0.2) is 5.81 Å². The molecule has 9 heavy (non-hydrogen) atoms. The summed E-state index contributed by atoms with van der Waals surface area (Å²) < 4.78 is 0. The summed E-state index contributed by atoms with van der Waals surface area (Å²) in [6.07, 6.45) is 3.16. The molecule has 1 aromatic heterocycles. The van der Waals surface area contributed by atoms with Crippen LogP contribution in [0.25, 0.3) is 0 Å². The normalized spacial score (nSPS) is 8.89. The van der Waals surface area contributed by atoms with Crippen LogP contribution in [-0.2, 0) is 0 Å². The molecule has 46 valence electrons. The first kappa shape index (κ1) is 5.87. The number of aromatic amines is 1. The lowest BCUT2D eigenvalue weighted by atomic mass is 10.1. The minimum Gasteiger partial charge on any atom is -0.333 e. The van der Waals surface area contributed by atoms with Crippen LogP contribution in [0.2, 0.25) is 0 Å². The maximum absolute atomic E-state index is 10.4. The first-order valence-corrected chi connectivity index (χ1v) is 2.55. The Balaban J connectivity index is 2.58. The van der Waals surface area contributed by atoms with Gasteiger partial charge in [-0.15, -0.1) is 0 Å². The Kier molecular flexibility index (Phi) is 1.53. The third-order valence-corrected chi connectivity index (χ3v) is 0.819. The van der Waals surface area contributed by atoms with Crippen LogP contribution < -0.4 is 5.32 Å². The van der Waals surface area contributed by atoms with Crippen molar-refractivity contribution in [3.05, 3.63) is 12.4 Å². The molecule has 0 saturated carbocycles. The first-order chi connectivity index (χ1) is 4.29. The largest absolute Gasteiger partial charge is 0.333 e. The predicted molar refractivity (Wildman–Crippen MR) is 36.2 cm³/mol. The van der Waals surface area contributed by atoms with Gasteiger partial charge in [0.1, 0.15) is 0 Å². The fraction of sp³-hybridized carbons (Fsp3) is 0. The highest BCUT2D eigenvalue weighted by Gasteiger charge is 1.92. The standard InChI is InChI=1S/C4H6BN3O/c5-4(9)8-3-1-6-7-2-3/h1-2H,5H2,(H,6,7)(H,8,9). The molecule has 0 aliphatic rings. The lowest BCUT2D eigenvalue weighted by molar-refractivity contribution is 0.269. The smallest absolute Gasteiger partial charge is 0.216 e. The molecule has 1 rings (SSSR count). The van der Waals surface area contributed by atoms with Crippen LogP contribution in [0.5, 0.6) is 0 Å². The van der Waals surface area contributed by atoms with Gasteiger partial charge in [-0.05, 0) is 0 Å². The molecule has 5 heteroatoms. The zero-order valence-electron chi connectivity index (χ0n) is 5.01. The summed E-state index contributed by atoms with van der Waals surface area (Å²) in [6, 6.07) is 0. The van der Waals surface area contributed by atoms with Gasteiger partial charge in [0.05, 0.1) is 11.9 Å². The van der Waals surface area contributed by atoms with Crippen LogP contribution in [0.4, 0.5) is 10.5 Å². The molecule has 2 N–H and O–H groups in total. The molecule has 1 amide bonds. The van der Waals surface area contributed by atoms with Crippen molar-refractivity contribution in [2.45, 2.75) is 0 Å². The summed E-state index contributed by atoms with van der Waals surface area (Å²) in [6.45, 7) is 0. The van der Waals surface area contributed by atoms with Crippen molar-refractivity contribution in [2.24, 2.45) is 0 Å². The summed E-state index contributed by atoms with van der Waals surface area (Å²) in [4.78, 5) is 10.4. The molecule has 0 saturated heterocycles. The van der Waals surface area contributed by atoms with E-state index in [1.54, 1.807) is 12.4 Å². The molecular formula is C4H6BN3O. The molecule has 0 fully saturated rings. The minimum absolute atomic E-state index is 0.0867. The molecular weight excluding hydrogens is 117 g/mol. The lowest BCUT2D eigenvalue weighted by Crippen LogP contribution is -2.06. The average molecular weight is 123 g/mol. The Hall–Kier alpha value is -1.26. The number of nitrogens with zero attached hydrogens (tertiary/aromatic N) is 1. The maximum atomic E-state index is 10.4. The average Bonchev–Trinajstić information content (AvgIpc) is 2.15. The highest BCUT2D eigenvalue weighted by atomic mass is 16.1. The fourth-order valence-corrected chi connectivity index (χ4v) is 0.523. The molecule has 4 nitrogen and oxygen atoms in total. The van der Waals surface area contributed by atoms with Crippen LogP contribution in [0.3, 0.4) is 0 Å². The van der Waals surface area contributed by atoms with Gasteiger partial charge in [-0.25, -0.2) is 0 Å². The predicted octanol–water partition coefficient (Wildman–Crippen LogP) is -0.425. The second kappa shape index (κ2) is 2.34. The number of nitrogens with one attached hydrogen (secondary N) is 2. The number of hydrogen-bond acceptors (Lipinski definition) is 2. The Labute approximate surface area is 53.1 Å². The van der Waals surface area contributed by atoms with Gasteiger partial charge < -0.3 is 5.32 Å². The number of carbonyl (C=O) groups is 1. The molecule has 1 aromatic rings. The van der Waals surface area contributed by atoms with Crippen LogP contribution >= 0.6 is 0 Å². The molecule has 1 heterocycles. The van der Waals surface area contributed by atoms with Crippen LogP contribution in [0.1, 0.15) is 0 Å². The number of H-pyrrole nitrogens is 1. The SMILES string of the molecule is BC(=O)Nc1cn[nH]c1. The number of rotatable bonds is 1. The Morgan fingerprint density at radius 3 is 3.11 bits per heavy atom. The van der Waals surface area contributed by atoms with Crippen molar-refractivity contribution in [2.75, 3.05) is 5.32 Å². The molecule has 0 bridgehead atoms. The summed E-state index contributed by atoms with van der Waals surface area (Å²) in [7, 11) is 1.45. The molecule has 0 aliphatic carbocycles. The van der Waals surface area contributed by atoms with Crippen molar-refractivity contribution < 1.29 is 4.79 Å². The number of carbonyl (C=O) groups excluding carboxylic acids is 1. The number of anilines is 1. The maximum Gasteiger partial charge on any atom is 0.216 e. The summed E-state index contributed by atoms with van der Waals surface area (Å²) in [5.41, 5.74) is 0.697. The van der Waals surface area contributed by atoms with E-state index in [-0.39, 0.29) is 5.81 Å². The summed E-state index contributed by atoms with van der Waals surface area (Å²) in [5.74, 6) is -0.0867. The van der Waals surface area contributed by atoms with Crippen LogP contribution in [0, 0.1) is 0 Å². The van der Waals surface area contributed by atoms with E-state index in [4.69, 9.17) is 0 Å². The van der Waals surface area contributed by atoms with Gasteiger partial charge in [-0.3, -0.25) is 9.89 Å². The van der Waals surface area contributed by atoms with Gasteiger partial charge in [0.25, 0.3) is 0 Å². The van der Waals surface area contributed by atoms with Gasteiger partial charge >= 0.3 is 0 Å². The summed E-state index contributed by atoms with van der Waals surface area (Å²) >= 11 is 0. The lowest BCUT2D eigenvalue weighted by Gasteiger charge is -1.92. The molecule has 0 unspecified atom stereocenters. The minimum atomic E-state index is -0.0867. The highest BCUT2D eigenvalue weighted by Crippen LogP contribution is 1.98. The number of amides is 1. The van der Waals surface area contributed by atoms with E-state index in [0.717, 1.165) is 0 Å². The van der Waals surface area contributed by atoms with Gasteiger partial charge in [-0.2, -0.15) is 5.10 Å². The molecule has 0 radical (unpaired) electrons. The summed E-state index contributed by atoms with van der Waals surface area (Å²) in [5, 5.41) is 8.76. The monoisotopic (exact) mass is 123 g/mol. The van der Waals surface area contributed by atoms with E-state index < -0.39 is 0 Å². The second-order valence-corrected chi connectivity index (χ2v) is 1.67. The molecule has 0 atom stereocenters. The fourth-order valence-electron chi connectivity index (χ4n) is 0.523. The quantitative estimate of drug-likeness (QED) is 0.498. The van der Waals surface area contributed by atoms with Crippen molar-refractivity contribution in [3.63, 3.8) is 0 Å². The van der Waals surface area contributed by atoms with Gasteiger partial charge in [0, 0.05) is 6.20 Å². The van der Waals surface area contributed by atoms with Gasteiger partial charge in [-0.1, -0.05) is 0 Å². The first-order valence-electron chi connectivity index (χ1n) is 2.55. The van der Waals surface area contributed by atoms with Crippen LogP contribution in [0.15, 0.2) is 12.4 Å². The molecule has 0 spiro atoms. The van der Waals surface area contributed by atoms with E-state index in [0.29, 0.717) is 5.69 Å². The topological polar surface area (TPSA) is 57.8 Å². The van der Waals surface area contributed by atoms with Crippen molar-refractivity contribution >= 4 is 19.3 Å². The number of hydrogen-bond donors (Lipinski definition) is 2. The van der Waals surface area contributed by atoms with Crippen molar-refractivity contribution in [3.8, 4) is 0 Å². The van der Waals surface area contributed by atoms with Gasteiger partial charge in [0.2, 0.25) is 7.85 Å². The highest BCUT2D eigenvalue weighted by molar-refractivity contribution is 6.60. The Bertz CT molecular complexity index is 196.